The Bertz CT molecular complexity index is 639. The van der Waals surface area contributed by atoms with Gasteiger partial charge in [-0.2, -0.15) is 0 Å². The van der Waals surface area contributed by atoms with E-state index in [1.807, 2.05) is 12.1 Å². The number of ether oxygens (including phenoxy) is 1. The summed E-state index contributed by atoms with van der Waals surface area (Å²) in [5.41, 5.74) is 15.9. The normalized spacial score (nSPS) is 19.9. The minimum absolute atomic E-state index is 0.306. The molecule has 0 aromatic heterocycles. The van der Waals surface area contributed by atoms with Crippen molar-refractivity contribution >= 4 is 5.69 Å². The average molecular weight is 339 g/mol. The molecule has 2 unspecified atom stereocenters. The Balaban J connectivity index is 1.50. The molecule has 4 N–H and O–H groups in total. The molecule has 0 amide bonds. The molecule has 0 aliphatic carbocycles. The molecular formula is C21H29N3O. The summed E-state index contributed by atoms with van der Waals surface area (Å²) in [7, 11) is 0. The van der Waals surface area contributed by atoms with Crippen LogP contribution in [0.5, 0.6) is 5.75 Å². The lowest BCUT2D eigenvalue weighted by Crippen LogP contribution is -2.26. The third-order valence-corrected chi connectivity index (χ3v) is 4.79. The fourth-order valence-electron chi connectivity index (χ4n) is 3.24. The number of unbranched alkanes of at least 4 members (excludes halogenated alkanes) is 3. The number of nitrogens with one attached hydrogen (secondary N) is 2. The van der Waals surface area contributed by atoms with Gasteiger partial charge in [0.2, 0.25) is 0 Å². The molecule has 0 bridgehead atoms. The number of hydrogen-bond acceptors (Lipinski definition) is 4. The minimum Gasteiger partial charge on any atom is -0.494 e. The number of nitrogens with two attached hydrogens (primary N) is 1. The molecule has 0 spiro atoms. The van der Waals surface area contributed by atoms with Gasteiger partial charge in [-0.25, -0.2) is 10.9 Å². The summed E-state index contributed by atoms with van der Waals surface area (Å²) in [6, 6.07) is 17.2. The summed E-state index contributed by atoms with van der Waals surface area (Å²) in [6.45, 7) is 3.03. The number of nitrogen functional groups attached to an aromatic ring is 1. The van der Waals surface area contributed by atoms with Crippen LogP contribution in [0.1, 0.15) is 62.2 Å². The molecule has 1 aliphatic rings. The second kappa shape index (κ2) is 8.88. The fraction of sp³-hybridized carbons (Fsp3) is 0.429. The number of hydrogen-bond donors (Lipinski definition) is 3. The van der Waals surface area contributed by atoms with Crippen molar-refractivity contribution in [2.24, 2.45) is 0 Å². The van der Waals surface area contributed by atoms with Gasteiger partial charge in [-0.05, 0) is 48.2 Å². The Kier molecular flexibility index (Phi) is 6.31. The Morgan fingerprint density at radius 1 is 0.880 bits per heavy atom. The maximum atomic E-state index is 5.82. The Morgan fingerprint density at radius 2 is 1.48 bits per heavy atom. The van der Waals surface area contributed by atoms with Crippen molar-refractivity contribution in [3.8, 4) is 5.75 Å². The van der Waals surface area contributed by atoms with Crippen LogP contribution < -0.4 is 21.3 Å². The van der Waals surface area contributed by atoms with Crippen LogP contribution in [0.2, 0.25) is 0 Å². The predicted octanol–water partition coefficient (Wildman–Crippen LogP) is 4.51. The van der Waals surface area contributed by atoms with E-state index in [1.165, 1.54) is 30.4 Å². The smallest absolute Gasteiger partial charge is 0.119 e. The van der Waals surface area contributed by atoms with Crippen molar-refractivity contribution in [2.75, 3.05) is 12.3 Å². The van der Waals surface area contributed by atoms with Gasteiger partial charge in [0.15, 0.2) is 0 Å². The van der Waals surface area contributed by atoms with Crippen LogP contribution in [0, 0.1) is 0 Å². The maximum Gasteiger partial charge on any atom is 0.119 e. The molecule has 0 saturated carbocycles. The fourth-order valence-corrected chi connectivity index (χ4v) is 3.24. The molecule has 1 fully saturated rings. The van der Waals surface area contributed by atoms with E-state index in [0.29, 0.717) is 12.1 Å². The summed E-state index contributed by atoms with van der Waals surface area (Å²) in [5.74, 6) is 0.960. The first-order valence-corrected chi connectivity index (χ1v) is 9.35. The number of benzene rings is 2. The monoisotopic (exact) mass is 339 g/mol. The highest BCUT2D eigenvalue weighted by Gasteiger charge is 2.25. The van der Waals surface area contributed by atoms with Gasteiger partial charge in [0, 0.05) is 17.8 Å². The Morgan fingerprint density at radius 3 is 2.08 bits per heavy atom. The first-order valence-electron chi connectivity index (χ1n) is 9.35. The molecular weight excluding hydrogens is 310 g/mol. The predicted molar refractivity (Wildman–Crippen MR) is 103 cm³/mol. The number of anilines is 1. The molecule has 2 aromatic rings. The van der Waals surface area contributed by atoms with Crippen molar-refractivity contribution < 1.29 is 4.74 Å². The summed E-state index contributed by atoms with van der Waals surface area (Å²) in [6.07, 6.45) is 5.94. The maximum absolute atomic E-state index is 5.82. The van der Waals surface area contributed by atoms with Gasteiger partial charge >= 0.3 is 0 Å². The van der Waals surface area contributed by atoms with E-state index in [0.717, 1.165) is 30.9 Å². The van der Waals surface area contributed by atoms with Crippen LogP contribution in [0.25, 0.3) is 0 Å². The van der Waals surface area contributed by atoms with Crippen molar-refractivity contribution in [2.45, 2.75) is 51.1 Å². The SMILES string of the molecule is CCCCCCOc1ccc(C2CC(c3ccc(N)cc3)NN2)cc1. The topological polar surface area (TPSA) is 59.3 Å². The molecule has 4 nitrogen and oxygen atoms in total. The summed E-state index contributed by atoms with van der Waals surface area (Å²) in [5, 5.41) is 0. The van der Waals surface area contributed by atoms with E-state index in [2.05, 4.69) is 54.2 Å². The van der Waals surface area contributed by atoms with Crippen LogP contribution in [0.3, 0.4) is 0 Å². The van der Waals surface area contributed by atoms with Gasteiger partial charge in [0.05, 0.1) is 6.61 Å². The van der Waals surface area contributed by atoms with Crippen molar-refractivity contribution in [3.05, 3.63) is 59.7 Å². The van der Waals surface area contributed by atoms with Gasteiger partial charge in [0.25, 0.3) is 0 Å². The highest BCUT2D eigenvalue weighted by Crippen LogP contribution is 2.31. The third-order valence-electron chi connectivity index (χ3n) is 4.79. The Labute approximate surface area is 150 Å². The molecule has 0 radical (unpaired) electrons. The lowest BCUT2D eigenvalue weighted by molar-refractivity contribution is 0.305. The lowest BCUT2D eigenvalue weighted by Gasteiger charge is -2.12. The van der Waals surface area contributed by atoms with Crippen LogP contribution >= 0.6 is 0 Å². The molecule has 1 saturated heterocycles. The molecule has 2 atom stereocenters. The van der Waals surface area contributed by atoms with Crippen molar-refractivity contribution in [1.29, 1.82) is 0 Å². The number of rotatable bonds is 8. The summed E-state index contributed by atoms with van der Waals surface area (Å²) in [4.78, 5) is 0. The third kappa shape index (κ3) is 4.97. The minimum atomic E-state index is 0.306. The second-order valence-electron chi connectivity index (χ2n) is 6.77. The zero-order valence-corrected chi connectivity index (χ0v) is 15.0. The van der Waals surface area contributed by atoms with E-state index < -0.39 is 0 Å². The van der Waals surface area contributed by atoms with Gasteiger partial charge in [-0.15, -0.1) is 0 Å². The molecule has 2 aromatic carbocycles. The van der Waals surface area contributed by atoms with Gasteiger partial charge < -0.3 is 10.5 Å². The van der Waals surface area contributed by atoms with Crippen LogP contribution in [-0.4, -0.2) is 6.61 Å². The quantitative estimate of drug-likeness (QED) is 0.489. The average Bonchev–Trinajstić information content (AvgIpc) is 3.13. The van der Waals surface area contributed by atoms with Crippen LogP contribution in [-0.2, 0) is 0 Å². The van der Waals surface area contributed by atoms with Crippen molar-refractivity contribution in [3.63, 3.8) is 0 Å². The van der Waals surface area contributed by atoms with E-state index >= 15 is 0 Å². The van der Waals surface area contributed by atoms with Gasteiger partial charge in [-0.3, -0.25) is 0 Å². The first kappa shape index (κ1) is 17.8. The second-order valence-corrected chi connectivity index (χ2v) is 6.77. The summed E-state index contributed by atoms with van der Waals surface area (Å²) >= 11 is 0. The van der Waals surface area contributed by atoms with Crippen LogP contribution in [0.4, 0.5) is 5.69 Å². The Hall–Kier alpha value is -2.04. The molecule has 4 heteroatoms. The molecule has 3 rings (SSSR count). The highest BCUT2D eigenvalue weighted by atomic mass is 16.5. The summed E-state index contributed by atoms with van der Waals surface area (Å²) < 4.78 is 5.82. The highest BCUT2D eigenvalue weighted by molar-refractivity contribution is 5.40. The van der Waals surface area contributed by atoms with Gasteiger partial charge in [0.1, 0.15) is 5.75 Å². The molecule has 1 aliphatic heterocycles. The van der Waals surface area contributed by atoms with E-state index in [4.69, 9.17) is 10.5 Å². The van der Waals surface area contributed by atoms with E-state index in [-0.39, 0.29) is 0 Å². The van der Waals surface area contributed by atoms with Gasteiger partial charge in [-0.1, -0.05) is 50.5 Å². The molecule has 1 heterocycles. The molecule has 25 heavy (non-hydrogen) atoms. The first-order chi connectivity index (χ1) is 12.3. The number of hydrazine groups is 1. The molecule has 134 valence electrons. The standard InChI is InChI=1S/C21H29N3O/c1-2-3-4-5-14-25-19-12-8-17(9-13-19)21-15-20(23-24-21)16-6-10-18(22)11-7-16/h6-13,20-21,23-24H,2-5,14-15,22H2,1H3. The zero-order chi connectivity index (χ0) is 17.5. The van der Waals surface area contributed by atoms with E-state index in [9.17, 15) is 0 Å². The lowest BCUT2D eigenvalue weighted by atomic mass is 9.97. The van der Waals surface area contributed by atoms with Crippen LogP contribution in [0.15, 0.2) is 48.5 Å². The van der Waals surface area contributed by atoms with Crippen molar-refractivity contribution in [1.82, 2.24) is 10.9 Å². The zero-order valence-electron chi connectivity index (χ0n) is 15.0. The largest absolute Gasteiger partial charge is 0.494 e. The van der Waals surface area contributed by atoms with E-state index in [1.54, 1.807) is 0 Å².